The topological polar surface area (TPSA) is 355 Å². The van der Waals surface area contributed by atoms with Crippen molar-refractivity contribution in [2.24, 2.45) is 56.1 Å². The average molecular weight is 1790 g/mol. The monoisotopic (exact) mass is 1780 g/mol. The van der Waals surface area contributed by atoms with Crippen LogP contribution in [0, 0.1) is 24.0 Å². The minimum Gasteiger partial charge on any atom is -0.508 e. The second kappa shape index (κ2) is 40.1. The predicted molar refractivity (Wildman–Crippen MR) is 503 cm³/mol. The number of halogens is 2. The molecule has 127 heavy (non-hydrogen) atoms. The fourth-order valence-corrected chi connectivity index (χ4v) is 13.3. The fourth-order valence-electron chi connectivity index (χ4n) is 12.9. The van der Waals surface area contributed by atoms with Crippen LogP contribution in [0.1, 0.15) is 95.4 Å². The maximum atomic E-state index is 11.8. The first-order valence-electron chi connectivity index (χ1n) is 39.4. The molecule has 10 heterocycles. The number of hydrogen-bond donors (Lipinski definition) is 4. The summed E-state index contributed by atoms with van der Waals surface area (Å²) in [4.78, 5) is 106. The number of ether oxygens (including phenoxy) is 1. The third kappa shape index (κ3) is 21.5. The number of allylic oxidation sites excluding steroid dienone is 2. The van der Waals surface area contributed by atoms with E-state index in [9.17, 15) is 44.6 Å². The molecule has 4 N–H and O–H groups in total. The van der Waals surface area contributed by atoms with Gasteiger partial charge in [-0.3, -0.25) is 68.4 Å². The summed E-state index contributed by atoms with van der Waals surface area (Å²) in [7, 11) is 13.5. The summed E-state index contributed by atoms with van der Waals surface area (Å²) < 4.78 is 10.9. The Hall–Kier alpha value is -15.7. The maximum Gasteiger partial charge on any atom is 0.311 e. The van der Waals surface area contributed by atoms with Crippen LogP contribution in [0.15, 0.2) is 256 Å². The summed E-state index contributed by atoms with van der Waals surface area (Å²) in [5, 5.41) is 52.9. The van der Waals surface area contributed by atoms with E-state index in [0.717, 1.165) is 99.8 Å². The first-order chi connectivity index (χ1) is 60.7. The van der Waals surface area contributed by atoms with Gasteiger partial charge in [0.2, 0.25) is 17.6 Å². The molecule has 0 spiro atoms. The highest BCUT2D eigenvalue weighted by molar-refractivity contribution is 9.10. The largest absolute Gasteiger partial charge is 0.508 e. The number of carbonyl (C=O) groups is 4. The molecule has 0 radical (unpaired) electrons. The van der Waals surface area contributed by atoms with Crippen LogP contribution in [-0.4, -0.2) is 168 Å². The molecule has 0 aliphatic carbocycles. The van der Waals surface area contributed by atoms with Gasteiger partial charge >= 0.3 is 5.69 Å². The first kappa shape index (κ1) is 90.5. The molecule has 7 aliphatic heterocycles. The molecule has 642 valence electrons. The van der Waals surface area contributed by atoms with Crippen molar-refractivity contribution in [3.05, 3.63) is 315 Å². The number of benzene rings is 8. The van der Waals surface area contributed by atoms with Crippen molar-refractivity contribution < 1.29 is 49.3 Å². The normalized spacial score (nSPS) is 16.2. The molecular formula is C96H88BrClN18O11. The van der Waals surface area contributed by atoms with Crippen LogP contribution in [0.25, 0.3) is 71.1 Å². The molecule has 7 aliphatic rings. The zero-order chi connectivity index (χ0) is 91.2. The van der Waals surface area contributed by atoms with Gasteiger partial charge in [0.05, 0.1) is 28.8 Å². The lowest BCUT2D eigenvalue weighted by Crippen LogP contribution is -2.25. The van der Waals surface area contributed by atoms with Crippen LogP contribution < -0.4 is 15.3 Å². The first-order valence-corrected chi connectivity index (χ1v) is 40.6. The van der Waals surface area contributed by atoms with E-state index >= 15 is 0 Å². The smallest absolute Gasteiger partial charge is 0.311 e. The molecule has 18 rings (SSSR count). The Morgan fingerprint density at radius 2 is 0.850 bits per heavy atom. The highest BCUT2D eigenvalue weighted by Gasteiger charge is 2.28. The quantitative estimate of drug-likeness (QED) is 0.0562. The summed E-state index contributed by atoms with van der Waals surface area (Å²) in [5.74, 6) is 5.42. The predicted octanol–water partition coefficient (Wildman–Crippen LogP) is 16.3. The van der Waals surface area contributed by atoms with Gasteiger partial charge in [0.1, 0.15) is 86.4 Å². The van der Waals surface area contributed by atoms with E-state index in [4.69, 9.17) is 21.4 Å². The standard InChI is InChI=1S/C19H15N3O.2C14H13N3O.C13H13N3O4.C12H11BrN2O.C12H11ClN2O.C12H12N2O2/c1-22-18(13-7-3-2-4-8-13)21-17(19(22)23)11-14-12-20-16-10-6-5-9-15(14)16;1-9-16-12(14(18)17(9)2)8-11-5-3-4-10-6-7-15-13(10)11;1-9-16-13(14(18)17(9)2)7-10-8-15-12-6-4-3-5-11(10)12;1-8-14-10(13(17)15(8)2)6-9-4-5-12(20-3)11(7-9)16(18)19;2*1-8-14-11(12(16)15(8)2)7-9-3-5-10(13)6-4-9;1-8-13-11(12(16)14(8)2)7-9-3-5-10(15)6-4-9/h2-12,23H,1H3;2*3-8,18H,1-2H3;4-7H,1-3H3;2*3-7H,1-2H3;3-7,15H,1-2H3/b;;;10-6-;3*11-7-. The van der Waals surface area contributed by atoms with Crippen LogP contribution in [0.5, 0.6) is 29.1 Å². The molecule has 8 aromatic carbocycles. The van der Waals surface area contributed by atoms with E-state index in [1.54, 1.807) is 161 Å². The molecular weight excluding hydrogens is 1700 g/mol. The number of amides is 4. The number of aromatic nitrogens is 6. The van der Waals surface area contributed by atoms with Crippen LogP contribution in [0.4, 0.5) is 17.1 Å². The van der Waals surface area contributed by atoms with E-state index in [1.165, 1.54) is 40.0 Å². The molecule has 0 saturated carbocycles. The Morgan fingerprint density at radius 3 is 1.28 bits per heavy atom. The van der Waals surface area contributed by atoms with Gasteiger partial charge in [0.15, 0.2) is 5.75 Å². The Morgan fingerprint density at radius 1 is 0.449 bits per heavy atom. The van der Waals surface area contributed by atoms with Crippen LogP contribution in [0.2, 0.25) is 5.02 Å². The van der Waals surface area contributed by atoms with Gasteiger partial charge in [0.25, 0.3) is 23.6 Å². The Balaban J connectivity index is 0.000000135. The highest BCUT2D eigenvalue weighted by Crippen LogP contribution is 2.37. The summed E-state index contributed by atoms with van der Waals surface area (Å²) in [6.45, 7) is 10.8. The van der Waals surface area contributed by atoms with Gasteiger partial charge in [0, 0.05) is 122 Å². The van der Waals surface area contributed by atoms with Crippen molar-refractivity contribution >= 4 is 164 Å². The number of nitro benzene ring substituents is 1. The number of phenolic OH excluding ortho intramolecular Hbond substituents is 1. The molecule has 11 aromatic rings. The van der Waals surface area contributed by atoms with Crippen molar-refractivity contribution in [1.29, 1.82) is 0 Å². The summed E-state index contributed by atoms with van der Waals surface area (Å²) in [6, 6.07) is 57.8. The van der Waals surface area contributed by atoms with Crippen molar-refractivity contribution in [3.8, 4) is 40.5 Å². The SMILES string of the molecule is CC1=N/C(=C\c2ccc(Br)cc2)C(=O)N1C.CC1=N/C(=C\c2ccc(Cl)cc2)C(=O)N1C.CC1=N/C(=C\c2ccc(O)cc2)C(=O)N1C.COc1ccc(/C=C2\N=C(C)N(C)C2=O)cc1[N+](=O)[O-].Cc1nc(C=C2C=Nc3ccccc32)c(O)n1C.Cc1nc(C=c2cccc3c2=NC=C3)c(O)n1C.Cn1c(-c2ccccc2)nc(C=C2C=Nc3ccccc32)c1O. The van der Waals surface area contributed by atoms with Gasteiger partial charge in [-0.25, -0.2) is 34.9 Å². The number of rotatable bonds is 10. The van der Waals surface area contributed by atoms with Crippen molar-refractivity contribution in [3.63, 3.8) is 0 Å². The van der Waals surface area contributed by atoms with Gasteiger partial charge in [-0.2, -0.15) is 0 Å². The zero-order valence-electron chi connectivity index (χ0n) is 71.7. The number of aryl methyl sites for hydroxylation is 2. The molecule has 4 amide bonds. The lowest BCUT2D eigenvalue weighted by atomic mass is 10.1. The van der Waals surface area contributed by atoms with Gasteiger partial charge in [-0.1, -0.05) is 155 Å². The molecule has 29 nitrogen and oxygen atoms in total. The maximum absolute atomic E-state index is 11.8. The van der Waals surface area contributed by atoms with Crippen LogP contribution >= 0.6 is 27.5 Å². The third-order valence-corrected chi connectivity index (χ3v) is 21.5. The van der Waals surface area contributed by atoms with Crippen molar-refractivity contribution in [2.45, 2.75) is 41.5 Å². The summed E-state index contributed by atoms with van der Waals surface area (Å²) in [6.07, 6.45) is 19.7. The number of aliphatic imine (C=N–C) groups is 6. The number of imidazole rings is 3. The molecule has 0 atom stereocenters. The number of phenols is 1. The Labute approximate surface area is 745 Å². The number of carbonyl (C=O) groups excluding carboxylic acids is 4. The van der Waals surface area contributed by atoms with E-state index < -0.39 is 4.92 Å². The molecule has 0 fully saturated rings. The highest BCUT2D eigenvalue weighted by atomic mass is 79.9. The Bertz CT molecular complexity index is 6520. The fraction of sp³-hybridized carbons (Fsp3) is 0.146. The average Bonchev–Trinajstić information content (AvgIpc) is 1.64. The second-order valence-corrected chi connectivity index (χ2v) is 30.5. The number of nitrogens with zero attached hydrogens (tertiary/aromatic N) is 18. The van der Waals surface area contributed by atoms with E-state index in [1.807, 2.05) is 186 Å². The number of aromatic hydroxyl groups is 4. The number of fused-ring (bicyclic) bond motifs is 3. The van der Waals surface area contributed by atoms with Gasteiger partial charge < -0.3 is 34.3 Å². The van der Waals surface area contributed by atoms with Crippen molar-refractivity contribution in [1.82, 2.24) is 48.3 Å². The number of likely N-dealkylation sites (N-methyl/N-ethyl adjacent to an activating group) is 4. The van der Waals surface area contributed by atoms with Gasteiger partial charge in [-0.05, 0) is 167 Å². The van der Waals surface area contributed by atoms with Crippen LogP contribution in [0.3, 0.4) is 0 Å². The second-order valence-electron chi connectivity index (χ2n) is 29.1. The number of nitro groups is 1. The number of para-hydroxylation sites is 3. The molecule has 31 heteroatoms. The molecule has 3 aromatic heterocycles. The Kier molecular flexibility index (Phi) is 28.6. The van der Waals surface area contributed by atoms with Crippen molar-refractivity contribution in [2.75, 3.05) is 35.3 Å². The number of hydrogen-bond acceptors (Lipinski definition) is 21. The molecule has 0 unspecified atom stereocenters. The number of methoxy groups -OCH3 is 1. The number of amidine groups is 4. The lowest BCUT2D eigenvalue weighted by molar-refractivity contribution is -0.385. The van der Waals surface area contributed by atoms with Gasteiger partial charge in [-0.15, -0.1) is 0 Å². The van der Waals surface area contributed by atoms with E-state index in [2.05, 4.69) is 65.8 Å². The minimum absolute atomic E-state index is 0.0552. The molecule has 0 saturated heterocycles. The van der Waals surface area contributed by atoms with E-state index in [-0.39, 0.29) is 64.2 Å². The van der Waals surface area contributed by atoms with E-state index in [0.29, 0.717) is 62.3 Å². The summed E-state index contributed by atoms with van der Waals surface area (Å²) >= 11 is 9.15. The van der Waals surface area contributed by atoms with Crippen LogP contribution in [-0.2, 0) is 40.3 Å². The summed E-state index contributed by atoms with van der Waals surface area (Å²) in [5.41, 5.74) is 14.4. The third-order valence-electron chi connectivity index (χ3n) is 20.7. The minimum atomic E-state index is -0.530. The zero-order valence-corrected chi connectivity index (χ0v) is 74.0. The molecule has 0 bridgehead atoms. The lowest BCUT2D eigenvalue weighted by Gasteiger charge is -2.06.